The highest BCUT2D eigenvalue weighted by molar-refractivity contribution is 9.10. The SMILES string of the molecule is Cn1nc(-c2ccc(NC(=O)c3ccc(Br)o3)cc2)ccc1=O. The van der Waals surface area contributed by atoms with E-state index in [4.69, 9.17) is 4.42 Å². The minimum atomic E-state index is -0.330. The smallest absolute Gasteiger partial charge is 0.291 e. The Balaban J connectivity index is 1.78. The fourth-order valence-corrected chi connectivity index (χ4v) is 2.32. The second kappa shape index (κ2) is 6.21. The summed E-state index contributed by atoms with van der Waals surface area (Å²) in [5.74, 6) is -0.107. The molecule has 116 valence electrons. The fourth-order valence-electron chi connectivity index (χ4n) is 2.01. The largest absolute Gasteiger partial charge is 0.444 e. The van der Waals surface area contributed by atoms with Gasteiger partial charge in [-0.1, -0.05) is 12.1 Å². The van der Waals surface area contributed by atoms with Crippen molar-refractivity contribution in [3.8, 4) is 11.3 Å². The van der Waals surface area contributed by atoms with Gasteiger partial charge in [-0.2, -0.15) is 5.10 Å². The molecule has 6 nitrogen and oxygen atoms in total. The number of hydrogen-bond donors (Lipinski definition) is 1. The summed E-state index contributed by atoms with van der Waals surface area (Å²) in [4.78, 5) is 23.3. The van der Waals surface area contributed by atoms with Crippen molar-refractivity contribution >= 4 is 27.5 Å². The number of hydrogen-bond acceptors (Lipinski definition) is 4. The summed E-state index contributed by atoms with van der Waals surface area (Å²) in [6.45, 7) is 0. The number of benzene rings is 1. The van der Waals surface area contributed by atoms with Crippen LogP contribution < -0.4 is 10.9 Å². The van der Waals surface area contributed by atoms with Gasteiger partial charge in [0, 0.05) is 24.4 Å². The Labute approximate surface area is 139 Å². The molecule has 0 radical (unpaired) electrons. The van der Waals surface area contributed by atoms with Gasteiger partial charge in [-0.05, 0) is 46.3 Å². The maximum absolute atomic E-state index is 12.0. The number of rotatable bonds is 3. The van der Waals surface area contributed by atoms with E-state index in [-0.39, 0.29) is 17.2 Å². The van der Waals surface area contributed by atoms with E-state index in [1.807, 2.05) is 12.1 Å². The van der Waals surface area contributed by atoms with Crippen molar-refractivity contribution < 1.29 is 9.21 Å². The van der Waals surface area contributed by atoms with Crippen molar-refractivity contribution in [3.05, 3.63) is 69.3 Å². The molecule has 0 unspecified atom stereocenters. The van der Waals surface area contributed by atoms with Crippen LogP contribution in [0.15, 0.2) is 62.4 Å². The zero-order chi connectivity index (χ0) is 16.4. The van der Waals surface area contributed by atoms with Crippen LogP contribution in [0.4, 0.5) is 5.69 Å². The number of halogens is 1. The molecule has 0 aliphatic heterocycles. The summed E-state index contributed by atoms with van der Waals surface area (Å²) in [7, 11) is 1.60. The number of carbonyl (C=O) groups excluding carboxylic acids is 1. The Kier molecular flexibility index (Phi) is 4.12. The lowest BCUT2D eigenvalue weighted by molar-refractivity contribution is 0.0995. The van der Waals surface area contributed by atoms with Gasteiger partial charge < -0.3 is 9.73 Å². The van der Waals surface area contributed by atoms with Crippen LogP contribution in [0.2, 0.25) is 0 Å². The van der Waals surface area contributed by atoms with Gasteiger partial charge in [0.25, 0.3) is 11.5 Å². The maximum Gasteiger partial charge on any atom is 0.291 e. The predicted octanol–water partition coefficient (Wildman–Crippen LogP) is 3.06. The molecule has 0 atom stereocenters. The summed E-state index contributed by atoms with van der Waals surface area (Å²) in [5.41, 5.74) is 2.00. The van der Waals surface area contributed by atoms with Gasteiger partial charge in [0.2, 0.25) is 0 Å². The first-order valence-electron chi connectivity index (χ1n) is 6.74. The molecular formula is C16H12BrN3O3. The number of aromatic nitrogens is 2. The number of aryl methyl sites for hydroxylation is 1. The van der Waals surface area contributed by atoms with Crippen LogP contribution in [0.25, 0.3) is 11.3 Å². The van der Waals surface area contributed by atoms with Gasteiger partial charge in [-0.3, -0.25) is 9.59 Å². The Hall–Kier alpha value is -2.67. The van der Waals surface area contributed by atoms with E-state index >= 15 is 0 Å². The van der Waals surface area contributed by atoms with Crippen LogP contribution in [0.3, 0.4) is 0 Å². The van der Waals surface area contributed by atoms with E-state index in [0.29, 0.717) is 16.1 Å². The normalized spacial score (nSPS) is 10.5. The minimum absolute atomic E-state index is 0.165. The summed E-state index contributed by atoms with van der Waals surface area (Å²) in [6, 6.07) is 13.5. The highest BCUT2D eigenvalue weighted by Crippen LogP contribution is 2.20. The lowest BCUT2D eigenvalue weighted by atomic mass is 10.1. The molecule has 3 aromatic rings. The average molecular weight is 374 g/mol. The Bertz CT molecular complexity index is 913. The molecule has 0 fully saturated rings. The molecule has 1 N–H and O–H groups in total. The van der Waals surface area contributed by atoms with Crippen molar-refractivity contribution in [3.63, 3.8) is 0 Å². The zero-order valence-electron chi connectivity index (χ0n) is 12.1. The number of carbonyl (C=O) groups is 1. The Morgan fingerprint density at radius 1 is 1.13 bits per heavy atom. The third-order valence-electron chi connectivity index (χ3n) is 3.20. The van der Waals surface area contributed by atoms with Crippen molar-refractivity contribution in [1.82, 2.24) is 9.78 Å². The molecule has 1 amide bonds. The average Bonchev–Trinajstić information content (AvgIpc) is 2.97. The molecule has 1 aromatic carbocycles. The van der Waals surface area contributed by atoms with Gasteiger partial charge in [0.15, 0.2) is 10.4 Å². The number of furan rings is 1. The molecule has 0 bridgehead atoms. The maximum atomic E-state index is 12.0. The molecule has 2 aromatic heterocycles. The van der Waals surface area contributed by atoms with E-state index in [1.54, 1.807) is 37.4 Å². The van der Waals surface area contributed by atoms with Crippen LogP contribution in [0, 0.1) is 0 Å². The second-order valence-electron chi connectivity index (χ2n) is 4.82. The van der Waals surface area contributed by atoms with Gasteiger partial charge in [-0.25, -0.2) is 4.68 Å². The molecule has 0 saturated carbocycles. The van der Waals surface area contributed by atoms with E-state index < -0.39 is 0 Å². The Morgan fingerprint density at radius 3 is 2.48 bits per heavy atom. The molecule has 0 spiro atoms. The molecular weight excluding hydrogens is 362 g/mol. The highest BCUT2D eigenvalue weighted by atomic mass is 79.9. The first kappa shape index (κ1) is 15.2. The lowest BCUT2D eigenvalue weighted by Gasteiger charge is -2.06. The van der Waals surface area contributed by atoms with Crippen molar-refractivity contribution in [2.75, 3.05) is 5.32 Å². The minimum Gasteiger partial charge on any atom is -0.444 e. The molecule has 2 heterocycles. The standard InChI is InChI=1S/C16H12BrN3O3/c1-20-15(21)9-6-12(19-20)10-2-4-11(5-3-10)18-16(22)13-7-8-14(17)23-13/h2-9H,1H3,(H,18,22). The molecule has 0 saturated heterocycles. The van der Waals surface area contributed by atoms with Crippen LogP contribution in [0.1, 0.15) is 10.6 Å². The van der Waals surface area contributed by atoms with Gasteiger partial charge in [0.1, 0.15) is 0 Å². The van der Waals surface area contributed by atoms with Crippen molar-refractivity contribution in [1.29, 1.82) is 0 Å². The summed E-state index contributed by atoms with van der Waals surface area (Å²) >= 11 is 3.15. The van der Waals surface area contributed by atoms with Gasteiger partial charge >= 0.3 is 0 Å². The zero-order valence-corrected chi connectivity index (χ0v) is 13.7. The van der Waals surface area contributed by atoms with E-state index in [9.17, 15) is 9.59 Å². The topological polar surface area (TPSA) is 77.1 Å². The Morgan fingerprint density at radius 2 is 1.87 bits per heavy atom. The van der Waals surface area contributed by atoms with Crippen LogP contribution >= 0.6 is 15.9 Å². The fraction of sp³-hybridized carbons (Fsp3) is 0.0625. The molecule has 0 aliphatic carbocycles. The number of nitrogens with one attached hydrogen (secondary N) is 1. The third kappa shape index (κ3) is 3.40. The summed E-state index contributed by atoms with van der Waals surface area (Å²) in [6.07, 6.45) is 0. The van der Waals surface area contributed by atoms with E-state index in [2.05, 4.69) is 26.3 Å². The van der Waals surface area contributed by atoms with E-state index in [1.165, 1.54) is 10.7 Å². The quantitative estimate of drug-likeness (QED) is 0.765. The summed E-state index contributed by atoms with van der Waals surface area (Å²) in [5, 5.41) is 6.92. The first-order chi connectivity index (χ1) is 11.0. The van der Waals surface area contributed by atoms with Crippen molar-refractivity contribution in [2.45, 2.75) is 0 Å². The van der Waals surface area contributed by atoms with E-state index in [0.717, 1.165) is 5.56 Å². The first-order valence-corrected chi connectivity index (χ1v) is 7.54. The third-order valence-corrected chi connectivity index (χ3v) is 3.62. The molecule has 3 rings (SSSR count). The van der Waals surface area contributed by atoms with Gasteiger partial charge in [-0.15, -0.1) is 0 Å². The highest BCUT2D eigenvalue weighted by Gasteiger charge is 2.10. The van der Waals surface area contributed by atoms with Crippen LogP contribution in [-0.2, 0) is 7.05 Å². The van der Waals surface area contributed by atoms with Crippen molar-refractivity contribution in [2.24, 2.45) is 7.05 Å². The predicted molar refractivity (Wildman–Crippen MR) is 89.3 cm³/mol. The summed E-state index contributed by atoms with van der Waals surface area (Å²) < 4.78 is 6.97. The monoisotopic (exact) mass is 373 g/mol. The molecule has 23 heavy (non-hydrogen) atoms. The number of nitrogens with zero attached hydrogens (tertiary/aromatic N) is 2. The van der Waals surface area contributed by atoms with Crippen LogP contribution in [0.5, 0.6) is 0 Å². The van der Waals surface area contributed by atoms with Crippen LogP contribution in [-0.4, -0.2) is 15.7 Å². The lowest BCUT2D eigenvalue weighted by Crippen LogP contribution is -2.18. The number of amides is 1. The van der Waals surface area contributed by atoms with Gasteiger partial charge in [0.05, 0.1) is 5.69 Å². The number of anilines is 1. The molecule has 0 aliphatic rings. The molecule has 7 heteroatoms. The second-order valence-corrected chi connectivity index (χ2v) is 5.60.